The van der Waals surface area contributed by atoms with E-state index in [4.69, 9.17) is 22.1 Å². The van der Waals surface area contributed by atoms with Crippen molar-refractivity contribution in [3.8, 4) is 5.88 Å². The highest BCUT2D eigenvalue weighted by molar-refractivity contribution is 9.10. The molecule has 0 aliphatic heterocycles. The zero-order valence-electron chi connectivity index (χ0n) is 10.9. The van der Waals surface area contributed by atoms with Crippen LogP contribution in [-0.2, 0) is 0 Å². The largest absolute Gasteiger partial charge is 0.474 e. The van der Waals surface area contributed by atoms with Gasteiger partial charge in [-0.05, 0) is 47.7 Å². The first-order chi connectivity index (χ1) is 9.61. The van der Waals surface area contributed by atoms with Gasteiger partial charge >= 0.3 is 0 Å². The van der Waals surface area contributed by atoms with Gasteiger partial charge < -0.3 is 10.5 Å². The number of nitrogens with zero attached hydrogens (tertiary/aromatic N) is 2. The fourth-order valence-electron chi connectivity index (χ4n) is 2.49. The highest BCUT2D eigenvalue weighted by atomic mass is 79.9. The first-order valence-electron chi connectivity index (χ1n) is 6.66. The van der Waals surface area contributed by atoms with Gasteiger partial charge in [-0.2, -0.15) is 0 Å². The third-order valence-corrected chi connectivity index (χ3v) is 4.20. The molecule has 2 N–H and O–H groups in total. The fraction of sp³-hybridized carbons (Fsp3) is 0.429. The maximum atomic E-state index is 6.04. The summed E-state index contributed by atoms with van der Waals surface area (Å²) in [6.45, 7) is 0. The minimum Gasteiger partial charge on any atom is -0.474 e. The molecule has 6 heteroatoms. The summed E-state index contributed by atoms with van der Waals surface area (Å²) in [5.41, 5.74) is 6.70. The Bertz CT molecular complexity index is 629. The van der Waals surface area contributed by atoms with Crippen molar-refractivity contribution in [3.05, 3.63) is 28.0 Å². The molecule has 1 aliphatic rings. The molecule has 2 aromatic heterocycles. The number of nitrogens with two attached hydrogens (primary N) is 1. The maximum absolute atomic E-state index is 6.04. The monoisotopic (exact) mass is 355 g/mol. The minimum absolute atomic E-state index is 0.156. The van der Waals surface area contributed by atoms with Gasteiger partial charge in [0.2, 0.25) is 5.88 Å². The quantitative estimate of drug-likeness (QED) is 0.834. The van der Waals surface area contributed by atoms with E-state index in [2.05, 4.69) is 25.9 Å². The second kappa shape index (κ2) is 5.84. The van der Waals surface area contributed by atoms with Gasteiger partial charge in [-0.3, -0.25) is 4.98 Å². The number of pyridine rings is 2. The van der Waals surface area contributed by atoms with Gasteiger partial charge in [0, 0.05) is 22.8 Å². The van der Waals surface area contributed by atoms with E-state index in [1.807, 2.05) is 6.07 Å². The van der Waals surface area contributed by atoms with Crippen molar-refractivity contribution in [1.29, 1.82) is 0 Å². The predicted octanol–water partition coefficient (Wildman–Crippen LogP) is 3.69. The van der Waals surface area contributed by atoms with Gasteiger partial charge in [0.1, 0.15) is 11.3 Å². The number of fused-ring (bicyclic) bond motifs is 1. The van der Waals surface area contributed by atoms with Gasteiger partial charge in [-0.1, -0.05) is 11.6 Å². The van der Waals surface area contributed by atoms with Crippen molar-refractivity contribution in [2.75, 3.05) is 0 Å². The van der Waals surface area contributed by atoms with Gasteiger partial charge in [0.15, 0.2) is 0 Å². The van der Waals surface area contributed by atoms with Crippen LogP contribution < -0.4 is 10.5 Å². The normalized spacial score (nSPS) is 22.9. The molecule has 4 nitrogen and oxygen atoms in total. The molecule has 0 saturated heterocycles. The predicted molar refractivity (Wildman–Crippen MR) is 83.1 cm³/mol. The van der Waals surface area contributed by atoms with Crippen LogP contribution in [0.25, 0.3) is 10.9 Å². The molecule has 0 atom stereocenters. The summed E-state index contributed by atoms with van der Waals surface area (Å²) < 4.78 is 6.93. The highest BCUT2D eigenvalue weighted by Gasteiger charge is 2.21. The highest BCUT2D eigenvalue weighted by Crippen LogP contribution is 2.30. The van der Waals surface area contributed by atoms with E-state index in [1.165, 1.54) is 0 Å². The Morgan fingerprint density at radius 3 is 2.75 bits per heavy atom. The van der Waals surface area contributed by atoms with E-state index >= 15 is 0 Å². The second-order valence-electron chi connectivity index (χ2n) is 5.12. The van der Waals surface area contributed by atoms with Gasteiger partial charge in [0.05, 0.1) is 10.9 Å². The molecule has 2 aromatic rings. The Balaban J connectivity index is 1.92. The molecule has 1 aliphatic carbocycles. The van der Waals surface area contributed by atoms with Crippen LogP contribution >= 0.6 is 27.5 Å². The average molecular weight is 357 g/mol. The molecular weight excluding hydrogens is 342 g/mol. The lowest BCUT2D eigenvalue weighted by Crippen LogP contribution is -2.31. The van der Waals surface area contributed by atoms with Crippen LogP contribution in [0.2, 0.25) is 5.15 Å². The number of ether oxygens (including phenoxy) is 1. The van der Waals surface area contributed by atoms with Crippen LogP contribution in [0.5, 0.6) is 5.88 Å². The second-order valence-corrected chi connectivity index (χ2v) is 6.43. The fourth-order valence-corrected chi connectivity index (χ4v) is 3.00. The van der Waals surface area contributed by atoms with Crippen LogP contribution in [0.15, 0.2) is 22.8 Å². The molecule has 1 saturated carbocycles. The van der Waals surface area contributed by atoms with Crippen LogP contribution in [0.3, 0.4) is 0 Å². The van der Waals surface area contributed by atoms with Crippen molar-refractivity contribution < 1.29 is 4.74 Å². The smallest absolute Gasteiger partial charge is 0.224 e. The lowest BCUT2D eigenvalue weighted by molar-refractivity contribution is 0.143. The number of rotatable bonds is 2. The zero-order valence-corrected chi connectivity index (χ0v) is 13.2. The van der Waals surface area contributed by atoms with Crippen LogP contribution in [0, 0.1) is 0 Å². The lowest BCUT2D eigenvalue weighted by atomic mass is 9.94. The van der Waals surface area contributed by atoms with E-state index in [0.717, 1.165) is 41.1 Å². The van der Waals surface area contributed by atoms with E-state index in [-0.39, 0.29) is 6.10 Å². The molecule has 0 amide bonds. The van der Waals surface area contributed by atoms with Gasteiger partial charge in [0.25, 0.3) is 0 Å². The molecule has 0 spiro atoms. The third kappa shape index (κ3) is 3.05. The molecule has 106 valence electrons. The lowest BCUT2D eigenvalue weighted by Gasteiger charge is -2.26. The Hall–Kier alpha value is -0.910. The van der Waals surface area contributed by atoms with E-state index in [9.17, 15) is 0 Å². The van der Waals surface area contributed by atoms with E-state index < -0.39 is 0 Å². The zero-order chi connectivity index (χ0) is 14.1. The van der Waals surface area contributed by atoms with E-state index in [0.29, 0.717) is 17.1 Å². The maximum Gasteiger partial charge on any atom is 0.224 e. The molecule has 2 heterocycles. The number of hydrogen-bond donors (Lipinski definition) is 1. The number of aromatic nitrogens is 2. The average Bonchev–Trinajstić information content (AvgIpc) is 2.42. The van der Waals surface area contributed by atoms with Crippen LogP contribution in [0.4, 0.5) is 0 Å². The summed E-state index contributed by atoms with van der Waals surface area (Å²) in [5.74, 6) is 0.557. The molecule has 1 fully saturated rings. The summed E-state index contributed by atoms with van der Waals surface area (Å²) >= 11 is 9.46. The van der Waals surface area contributed by atoms with Crippen molar-refractivity contribution in [2.45, 2.75) is 37.8 Å². The molecule has 0 aromatic carbocycles. The van der Waals surface area contributed by atoms with Crippen molar-refractivity contribution in [2.24, 2.45) is 5.73 Å². The first kappa shape index (κ1) is 14.0. The van der Waals surface area contributed by atoms with Crippen molar-refractivity contribution >= 4 is 38.4 Å². The SMILES string of the molecule is NC1CCC(Oc2nc(Cl)cc3ncc(Br)cc23)CC1. The molecule has 0 radical (unpaired) electrons. The Morgan fingerprint density at radius 1 is 1.25 bits per heavy atom. The minimum atomic E-state index is 0.156. The molecule has 0 unspecified atom stereocenters. The Kier molecular flexibility index (Phi) is 4.10. The Labute approximate surface area is 130 Å². The summed E-state index contributed by atoms with van der Waals surface area (Å²) in [6, 6.07) is 4.00. The number of hydrogen-bond acceptors (Lipinski definition) is 4. The van der Waals surface area contributed by atoms with E-state index in [1.54, 1.807) is 12.3 Å². The topological polar surface area (TPSA) is 61.0 Å². The first-order valence-corrected chi connectivity index (χ1v) is 7.83. The number of halogens is 2. The summed E-state index contributed by atoms with van der Waals surface area (Å²) in [7, 11) is 0. The van der Waals surface area contributed by atoms with Crippen LogP contribution in [0.1, 0.15) is 25.7 Å². The molecule has 0 bridgehead atoms. The molecule has 20 heavy (non-hydrogen) atoms. The van der Waals surface area contributed by atoms with Gasteiger partial charge in [-0.25, -0.2) is 4.98 Å². The third-order valence-electron chi connectivity index (χ3n) is 3.58. The standard InChI is InChI=1S/C14H15BrClN3O/c15-8-5-11-12(18-7-8)6-13(16)19-14(11)20-10-3-1-9(17)2-4-10/h5-7,9-10H,1-4,17H2. The van der Waals surface area contributed by atoms with Gasteiger partial charge in [-0.15, -0.1) is 0 Å². The van der Waals surface area contributed by atoms with Crippen LogP contribution in [-0.4, -0.2) is 22.1 Å². The summed E-state index contributed by atoms with van der Waals surface area (Å²) in [6.07, 6.45) is 5.79. The summed E-state index contributed by atoms with van der Waals surface area (Å²) in [5, 5.41) is 1.27. The Morgan fingerprint density at radius 2 is 2.00 bits per heavy atom. The summed E-state index contributed by atoms with van der Waals surface area (Å²) in [4.78, 5) is 8.64. The van der Waals surface area contributed by atoms with Crippen molar-refractivity contribution in [1.82, 2.24) is 9.97 Å². The molecule has 3 rings (SSSR count). The van der Waals surface area contributed by atoms with Crippen molar-refractivity contribution in [3.63, 3.8) is 0 Å². The molecular formula is C14H15BrClN3O.